The van der Waals surface area contributed by atoms with Gasteiger partial charge in [-0.2, -0.15) is 4.99 Å². The van der Waals surface area contributed by atoms with Crippen molar-refractivity contribution in [2.24, 2.45) is 21.5 Å². The van der Waals surface area contributed by atoms with Gasteiger partial charge in [-0.25, -0.2) is 14.2 Å². The maximum absolute atomic E-state index is 14.5. The Morgan fingerprint density at radius 1 is 1.28 bits per heavy atom. The maximum atomic E-state index is 14.5. The minimum absolute atomic E-state index is 0.113. The Morgan fingerprint density at radius 2 is 1.96 bits per heavy atom. The highest BCUT2D eigenvalue weighted by atomic mass is 19.1. The summed E-state index contributed by atoms with van der Waals surface area (Å²) >= 11 is 0. The van der Waals surface area contributed by atoms with E-state index in [9.17, 15) is 9.18 Å². The van der Waals surface area contributed by atoms with Crippen LogP contribution in [-0.4, -0.2) is 30.7 Å². The van der Waals surface area contributed by atoms with Gasteiger partial charge in [-0.3, -0.25) is 4.90 Å². The molecule has 1 saturated carbocycles. The van der Waals surface area contributed by atoms with Crippen molar-refractivity contribution in [3.8, 4) is 0 Å². The van der Waals surface area contributed by atoms with Crippen LogP contribution in [0.25, 0.3) is 0 Å². The predicted octanol–water partition coefficient (Wildman–Crippen LogP) is 2.03. The van der Waals surface area contributed by atoms with Crippen LogP contribution >= 0.6 is 0 Å². The number of ether oxygens (including phenoxy) is 1. The van der Waals surface area contributed by atoms with Gasteiger partial charge in [0.1, 0.15) is 11.5 Å². The molecule has 1 aliphatic heterocycles. The zero-order chi connectivity index (χ0) is 18.2. The summed E-state index contributed by atoms with van der Waals surface area (Å²) in [7, 11) is 1.25. The Kier molecular flexibility index (Phi) is 4.36. The molecule has 0 amide bonds. The van der Waals surface area contributed by atoms with Crippen LogP contribution in [0.3, 0.4) is 0 Å². The third kappa shape index (κ3) is 2.92. The maximum Gasteiger partial charge on any atom is 0.338 e. The van der Waals surface area contributed by atoms with Crippen molar-refractivity contribution in [1.29, 1.82) is 0 Å². The van der Waals surface area contributed by atoms with Crippen LogP contribution in [-0.2, 0) is 4.74 Å². The molecule has 7 nitrogen and oxygen atoms in total. The van der Waals surface area contributed by atoms with Gasteiger partial charge in [0.05, 0.1) is 18.4 Å². The number of methoxy groups -OCH3 is 1. The molecule has 1 spiro atoms. The lowest BCUT2D eigenvalue weighted by Gasteiger charge is -2.46. The standard InChI is InChI=1S/C17H22FN5O2/c1-10-12(18)8-11(14(24)25-2)9-13(10)23-16(20)21-15(19)22-17(23)6-4-3-5-7-17/h8-9H,3-7H2,1-2H3,(H4,19,20,21,22). The molecule has 1 fully saturated rings. The van der Waals surface area contributed by atoms with Crippen molar-refractivity contribution < 1.29 is 13.9 Å². The highest BCUT2D eigenvalue weighted by Crippen LogP contribution is 2.41. The summed E-state index contributed by atoms with van der Waals surface area (Å²) in [5.74, 6) is -0.857. The number of guanidine groups is 2. The van der Waals surface area contributed by atoms with Crippen molar-refractivity contribution in [3.05, 3.63) is 29.1 Å². The molecule has 1 aliphatic carbocycles. The Hall–Kier alpha value is -2.64. The molecule has 8 heteroatoms. The molecule has 0 bridgehead atoms. The van der Waals surface area contributed by atoms with Gasteiger partial charge in [0.15, 0.2) is 0 Å². The van der Waals surface area contributed by atoms with Gasteiger partial charge >= 0.3 is 5.97 Å². The smallest absolute Gasteiger partial charge is 0.338 e. The number of halogens is 1. The average molecular weight is 347 g/mol. The van der Waals surface area contributed by atoms with Gasteiger partial charge in [0.25, 0.3) is 0 Å². The molecular weight excluding hydrogens is 325 g/mol. The van der Waals surface area contributed by atoms with E-state index in [-0.39, 0.29) is 17.5 Å². The number of aliphatic imine (C=N–C) groups is 2. The Bertz CT molecular complexity index is 769. The van der Waals surface area contributed by atoms with Gasteiger partial charge in [-0.05, 0) is 44.7 Å². The lowest BCUT2D eigenvalue weighted by Crippen LogP contribution is -2.58. The molecule has 0 saturated heterocycles. The number of benzene rings is 1. The molecule has 0 radical (unpaired) electrons. The molecule has 0 aromatic heterocycles. The van der Waals surface area contributed by atoms with Crippen LogP contribution in [0, 0.1) is 12.7 Å². The zero-order valence-electron chi connectivity index (χ0n) is 14.4. The summed E-state index contributed by atoms with van der Waals surface area (Å²) in [5.41, 5.74) is 12.3. The predicted molar refractivity (Wildman–Crippen MR) is 94.0 cm³/mol. The van der Waals surface area contributed by atoms with Gasteiger partial charge in [-0.15, -0.1) is 0 Å². The quantitative estimate of drug-likeness (QED) is 0.796. The SMILES string of the molecule is COC(=O)c1cc(F)c(C)c(N2C(N)=NC(N)=NC23CCCCC3)c1. The zero-order valence-corrected chi connectivity index (χ0v) is 14.4. The summed E-state index contributed by atoms with van der Waals surface area (Å²) in [6.07, 6.45) is 4.47. The van der Waals surface area contributed by atoms with Crippen LogP contribution < -0.4 is 16.4 Å². The number of carbonyl (C=O) groups is 1. The molecule has 4 N–H and O–H groups in total. The van der Waals surface area contributed by atoms with Gasteiger partial charge in [-0.1, -0.05) is 6.42 Å². The fraction of sp³-hybridized carbons (Fsp3) is 0.471. The molecule has 1 heterocycles. The second kappa shape index (κ2) is 6.34. The molecule has 0 unspecified atom stereocenters. The summed E-state index contributed by atoms with van der Waals surface area (Å²) in [6.45, 7) is 1.64. The second-order valence-electron chi connectivity index (χ2n) is 6.41. The number of hydrogen-bond acceptors (Lipinski definition) is 7. The van der Waals surface area contributed by atoms with Crippen molar-refractivity contribution in [2.75, 3.05) is 12.0 Å². The molecule has 1 aromatic carbocycles. The van der Waals surface area contributed by atoms with E-state index in [0.717, 1.165) is 38.2 Å². The van der Waals surface area contributed by atoms with E-state index >= 15 is 0 Å². The first-order valence-corrected chi connectivity index (χ1v) is 8.26. The number of hydrogen-bond donors (Lipinski definition) is 2. The summed E-state index contributed by atoms with van der Waals surface area (Å²) in [5, 5.41) is 0. The van der Waals surface area contributed by atoms with Crippen LogP contribution in [0.5, 0.6) is 0 Å². The average Bonchev–Trinajstić information content (AvgIpc) is 2.57. The largest absolute Gasteiger partial charge is 0.465 e. The van der Waals surface area contributed by atoms with Crippen LogP contribution in [0.15, 0.2) is 22.1 Å². The van der Waals surface area contributed by atoms with Crippen molar-refractivity contribution in [1.82, 2.24) is 0 Å². The van der Waals surface area contributed by atoms with Gasteiger partial charge in [0.2, 0.25) is 11.9 Å². The van der Waals surface area contributed by atoms with Gasteiger partial charge in [0, 0.05) is 5.56 Å². The first-order chi connectivity index (χ1) is 11.9. The highest BCUT2D eigenvalue weighted by Gasteiger charge is 2.43. The molecule has 0 atom stereocenters. The second-order valence-corrected chi connectivity index (χ2v) is 6.41. The van der Waals surface area contributed by atoms with E-state index < -0.39 is 17.4 Å². The highest BCUT2D eigenvalue weighted by molar-refractivity contribution is 6.06. The summed E-state index contributed by atoms with van der Waals surface area (Å²) < 4.78 is 19.2. The van der Waals surface area contributed by atoms with Crippen LogP contribution in [0.2, 0.25) is 0 Å². The lowest BCUT2D eigenvalue weighted by atomic mass is 9.86. The first kappa shape index (κ1) is 17.2. The van der Waals surface area contributed by atoms with E-state index in [1.54, 1.807) is 17.9 Å². The van der Waals surface area contributed by atoms with Crippen molar-refractivity contribution in [2.45, 2.75) is 44.7 Å². The molecule has 1 aromatic rings. The molecule has 25 heavy (non-hydrogen) atoms. The van der Waals surface area contributed by atoms with Crippen LogP contribution in [0.4, 0.5) is 10.1 Å². The summed E-state index contributed by atoms with van der Waals surface area (Å²) in [4.78, 5) is 22.2. The minimum Gasteiger partial charge on any atom is -0.465 e. The minimum atomic E-state index is -0.694. The molecule has 3 rings (SSSR count). The molecule has 134 valence electrons. The fourth-order valence-electron chi connectivity index (χ4n) is 3.60. The topological polar surface area (TPSA) is 106 Å². The summed E-state index contributed by atoms with van der Waals surface area (Å²) in [6, 6.07) is 2.73. The van der Waals surface area contributed by atoms with Gasteiger partial charge < -0.3 is 16.2 Å². The first-order valence-electron chi connectivity index (χ1n) is 8.26. The van der Waals surface area contributed by atoms with E-state index in [4.69, 9.17) is 16.2 Å². The number of rotatable bonds is 2. The Morgan fingerprint density at radius 3 is 2.60 bits per heavy atom. The van der Waals surface area contributed by atoms with E-state index in [1.807, 2.05) is 0 Å². The fourth-order valence-corrected chi connectivity index (χ4v) is 3.60. The van der Waals surface area contributed by atoms with E-state index in [2.05, 4.69) is 9.98 Å². The Labute approximate surface area is 145 Å². The number of nitrogens with two attached hydrogens (primary N) is 2. The van der Waals surface area contributed by atoms with Crippen molar-refractivity contribution in [3.63, 3.8) is 0 Å². The normalized spacial score (nSPS) is 19.4. The molecule has 2 aliphatic rings. The Balaban J connectivity index is 2.17. The number of anilines is 1. The number of carbonyl (C=O) groups excluding carboxylic acids is 1. The third-order valence-corrected chi connectivity index (χ3v) is 4.83. The monoisotopic (exact) mass is 347 g/mol. The van der Waals surface area contributed by atoms with E-state index in [0.29, 0.717) is 11.3 Å². The molecular formula is C17H22FN5O2. The third-order valence-electron chi connectivity index (χ3n) is 4.83. The number of esters is 1. The van der Waals surface area contributed by atoms with Crippen molar-refractivity contribution >= 4 is 23.6 Å². The lowest BCUT2D eigenvalue weighted by molar-refractivity contribution is 0.0600. The van der Waals surface area contributed by atoms with Crippen LogP contribution in [0.1, 0.15) is 48.0 Å². The van der Waals surface area contributed by atoms with E-state index in [1.165, 1.54) is 7.11 Å². The number of nitrogens with zero attached hydrogens (tertiary/aromatic N) is 3.